The summed E-state index contributed by atoms with van der Waals surface area (Å²) in [5.41, 5.74) is 5.44. The maximum Gasteiger partial charge on any atom is 0.326 e. The Hall–Kier alpha value is -2.73. The third kappa shape index (κ3) is 7.26. The summed E-state index contributed by atoms with van der Waals surface area (Å²) in [7, 11) is 0. The Morgan fingerprint density at radius 1 is 1.07 bits per heavy atom. The van der Waals surface area contributed by atoms with Gasteiger partial charge < -0.3 is 36.6 Å². The lowest BCUT2D eigenvalue weighted by molar-refractivity contribution is -0.149. The fourth-order valence-electron chi connectivity index (χ4n) is 3.21. The van der Waals surface area contributed by atoms with Crippen molar-refractivity contribution >= 4 is 29.7 Å². The maximum atomic E-state index is 12.9. The zero-order valence-electron chi connectivity index (χ0n) is 17.0. The van der Waals surface area contributed by atoms with E-state index in [2.05, 4.69) is 10.6 Å². The predicted molar refractivity (Wildman–Crippen MR) is 103 cm³/mol. The van der Waals surface area contributed by atoms with E-state index in [1.807, 2.05) is 13.8 Å². The molecule has 4 atom stereocenters. The van der Waals surface area contributed by atoms with Gasteiger partial charge in [-0.25, -0.2) is 4.79 Å². The van der Waals surface area contributed by atoms with Gasteiger partial charge in [0.05, 0.1) is 19.1 Å². The highest BCUT2D eigenvalue weighted by atomic mass is 16.4. The highest BCUT2D eigenvalue weighted by Gasteiger charge is 2.38. The van der Waals surface area contributed by atoms with Crippen molar-refractivity contribution in [1.29, 1.82) is 0 Å². The van der Waals surface area contributed by atoms with Gasteiger partial charge in [-0.05, 0) is 25.2 Å². The Bertz CT molecular complexity index is 669. The zero-order chi connectivity index (χ0) is 23.0. The average Bonchev–Trinajstić information content (AvgIpc) is 3.13. The van der Waals surface area contributed by atoms with E-state index in [4.69, 9.17) is 10.8 Å². The molecule has 0 radical (unpaired) electrons. The molecular weight excluding hydrogens is 400 g/mol. The number of carbonyl (C=O) groups excluding carboxylic acids is 3. The van der Waals surface area contributed by atoms with Crippen LogP contribution in [0.2, 0.25) is 0 Å². The Morgan fingerprint density at radius 3 is 2.17 bits per heavy atom. The summed E-state index contributed by atoms with van der Waals surface area (Å²) in [6.45, 7) is 3.09. The molecule has 1 saturated heterocycles. The van der Waals surface area contributed by atoms with Crippen LogP contribution in [-0.4, -0.2) is 87.2 Å². The zero-order valence-corrected chi connectivity index (χ0v) is 17.0. The first kappa shape index (κ1) is 25.3. The van der Waals surface area contributed by atoms with E-state index in [1.165, 1.54) is 4.90 Å². The Morgan fingerprint density at radius 2 is 1.67 bits per heavy atom. The number of aliphatic hydroxyl groups excluding tert-OH is 1. The summed E-state index contributed by atoms with van der Waals surface area (Å²) in [6, 6.07) is -4.88. The molecule has 0 aromatic carbocycles. The van der Waals surface area contributed by atoms with Crippen molar-refractivity contribution < 1.29 is 39.3 Å². The third-order valence-electron chi connectivity index (χ3n) is 4.69. The highest BCUT2D eigenvalue weighted by Crippen LogP contribution is 2.20. The van der Waals surface area contributed by atoms with Crippen LogP contribution in [0.15, 0.2) is 0 Å². The maximum absolute atomic E-state index is 12.9. The van der Waals surface area contributed by atoms with E-state index in [0.717, 1.165) is 0 Å². The highest BCUT2D eigenvalue weighted by molar-refractivity contribution is 5.95. The molecule has 170 valence electrons. The lowest BCUT2D eigenvalue weighted by atomic mass is 10.0. The summed E-state index contributed by atoms with van der Waals surface area (Å²) in [5.74, 6) is -4.79. The molecular formula is C18H30N4O8. The Labute approximate surface area is 173 Å². The number of aliphatic carboxylic acids is 2. The van der Waals surface area contributed by atoms with Crippen LogP contribution in [0.4, 0.5) is 0 Å². The number of nitrogens with two attached hydrogens (primary N) is 1. The number of rotatable bonds is 11. The molecule has 1 aliphatic heterocycles. The monoisotopic (exact) mass is 430 g/mol. The second kappa shape index (κ2) is 11.5. The number of aliphatic hydroxyl groups is 1. The topological polar surface area (TPSA) is 199 Å². The fraction of sp³-hybridized carbons (Fsp3) is 0.722. The van der Waals surface area contributed by atoms with Gasteiger partial charge in [0.15, 0.2) is 0 Å². The van der Waals surface area contributed by atoms with Gasteiger partial charge >= 0.3 is 11.9 Å². The number of carbonyl (C=O) groups is 5. The van der Waals surface area contributed by atoms with E-state index < -0.39 is 66.9 Å². The summed E-state index contributed by atoms with van der Waals surface area (Å²) in [6.07, 6.45) is 0.408. The molecule has 1 fully saturated rings. The van der Waals surface area contributed by atoms with Gasteiger partial charge in [0.25, 0.3) is 0 Å². The molecule has 0 saturated carbocycles. The number of carboxylic acids is 2. The first-order chi connectivity index (χ1) is 14.0. The first-order valence-electron chi connectivity index (χ1n) is 9.70. The molecule has 7 N–H and O–H groups in total. The standard InChI is InChI=1S/C18H30N4O8/c1-9(2)6-11(17(28)22-5-3-4-13(22)18(29)30)20-16(27)12(8-23)21-15(26)10(19)7-14(24)25/h9-13,23H,3-8,19H2,1-2H3,(H,20,27)(H,21,26)(H,24,25)(H,29,30). The Kier molecular flexibility index (Phi) is 9.66. The largest absolute Gasteiger partial charge is 0.481 e. The van der Waals surface area contributed by atoms with Crippen LogP contribution in [0.5, 0.6) is 0 Å². The van der Waals surface area contributed by atoms with Crippen LogP contribution in [0.25, 0.3) is 0 Å². The van der Waals surface area contributed by atoms with E-state index in [-0.39, 0.29) is 18.9 Å². The summed E-state index contributed by atoms with van der Waals surface area (Å²) in [4.78, 5) is 60.7. The van der Waals surface area contributed by atoms with Crippen LogP contribution in [-0.2, 0) is 24.0 Å². The van der Waals surface area contributed by atoms with Gasteiger partial charge in [-0.3, -0.25) is 19.2 Å². The van der Waals surface area contributed by atoms with E-state index in [1.54, 1.807) is 0 Å². The number of carboxylic acid groups (broad SMARTS) is 2. The molecule has 3 amide bonds. The molecule has 0 aromatic rings. The van der Waals surface area contributed by atoms with Crippen LogP contribution in [0, 0.1) is 5.92 Å². The number of hydrogen-bond donors (Lipinski definition) is 6. The molecule has 0 spiro atoms. The van der Waals surface area contributed by atoms with Crippen molar-refractivity contribution in [2.45, 2.75) is 63.7 Å². The minimum atomic E-state index is -1.45. The average molecular weight is 430 g/mol. The van der Waals surface area contributed by atoms with Gasteiger partial charge in [0.2, 0.25) is 17.7 Å². The van der Waals surface area contributed by atoms with E-state index >= 15 is 0 Å². The molecule has 1 aliphatic rings. The van der Waals surface area contributed by atoms with Crippen LogP contribution in [0.1, 0.15) is 39.5 Å². The van der Waals surface area contributed by atoms with Crippen LogP contribution < -0.4 is 16.4 Å². The summed E-state index contributed by atoms with van der Waals surface area (Å²) < 4.78 is 0. The van der Waals surface area contributed by atoms with Gasteiger partial charge in [-0.1, -0.05) is 13.8 Å². The smallest absolute Gasteiger partial charge is 0.326 e. The minimum Gasteiger partial charge on any atom is -0.481 e. The normalized spacial score (nSPS) is 19.1. The second-order valence-corrected chi connectivity index (χ2v) is 7.67. The molecule has 30 heavy (non-hydrogen) atoms. The third-order valence-corrected chi connectivity index (χ3v) is 4.69. The summed E-state index contributed by atoms with van der Waals surface area (Å²) in [5, 5.41) is 32.1. The van der Waals surface area contributed by atoms with E-state index in [9.17, 15) is 34.2 Å². The molecule has 1 heterocycles. The van der Waals surface area contributed by atoms with E-state index in [0.29, 0.717) is 12.8 Å². The quantitative estimate of drug-likeness (QED) is 0.212. The van der Waals surface area contributed by atoms with Crippen molar-refractivity contribution in [3.63, 3.8) is 0 Å². The van der Waals surface area contributed by atoms with Crippen LogP contribution >= 0.6 is 0 Å². The van der Waals surface area contributed by atoms with Crippen molar-refractivity contribution in [3.05, 3.63) is 0 Å². The molecule has 12 nitrogen and oxygen atoms in total. The Balaban J connectivity index is 2.88. The van der Waals surface area contributed by atoms with Crippen molar-refractivity contribution in [2.75, 3.05) is 13.2 Å². The SMILES string of the molecule is CC(C)CC(NC(=O)C(CO)NC(=O)C(N)CC(=O)O)C(=O)N1CCCC1C(=O)O. The van der Waals surface area contributed by atoms with Crippen molar-refractivity contribution in [1.82, 2.24) is 15.5 Å². The molecule has 0 bridgehead atoms. The number of amides is 3. The number of likely N-dealkylation sites (tertiary alicyclic amines) is 1. The lowest BCUT2D eigenvalue weighted by Crippen LogP contribution is -2.58. The molecule has 1 rings (SSSR count). The molecule has 4 unspecified atom stereocenters. The van der Waals surface area contributed by atoms with Gasteiger partial charge in [0, 0.05) is 6.54 Å². The fourth-order valence-corrected chi connectivity index (χ4v) is 3.21. The number of nitrogens with one attached hydrogen (secondary N) is 2. The number of nitrogens with zero attached hydrogens (tertiary/aromatic N) is 1. The van der Waals surface area contributed by atoms with Crippen LogP contribution in [0.3, 0.4) is 0 Å². The minimum absolute atomic E-state index is 0.0173. The van der Waals surface area contributed by atoms with Gasteiger partial charge in [-0.15, -0.1) is 0 Å². The first-order valence-corrected chi connectivity index (χ1v) is 9.70. The predicted octanol–water partition coefficient (Wildman–Crippen LogP) is -2.13. The molecule has 12 heteroatoms. The van der Waals surface area contributed by atoms with Gasteiger partial charge in [0.1, 0.15) is 18.1 Å². The van der Waals surface area contributed by atoms with Crippen molar-refractivity contribution in [3.8, 4) is 0 Å². The molecule has 0 aromatic heterocycles. The molecule has 0 aliphatic carbocycles. The number of hydrogen-bond acceptors (Lipinski definition) is 7. The van der Waals surface area contributed by atoms with Gasteiger partial charge in [-0.2, -0.15) is 0 Å². The summed E-state index contributed by atoms with van der Waals surface area (Å²) >= 11 is 0. The second-order valence-electron chi connectivity index (χ2n) is 7.67. The lowest BCUT2D eigenvalue weighted by Gasteiger charge is -2.29. The van der Waals surface area contributed by atoms with Crippen molar-refractivity contribution in [2.24, 2.45) is 11.7 Å².